The molecule has 0 saturated heterocycles. The van der Waals surface area contributed by atoms with Gasteiger partial charge in [-0.15, -0.1) is 0 Å². The topological polar surface area (TPSA) is 47.6 Å². The molecule has 0 aliphatic heterocycles. The number of benzene rings is 1. The molecule has 0 unspecified atom stereocenters. The summed E-state index contributed by atoms with van der Waals surface area (Å²) in [6.45, 7) is 5.74. The van der Waals surface area contributed by atoms with E-state index in [9.17, 15) is 4.79 Å². The number of carbonyl (C=O) groups excluding carboxylic acids is 1. The Kier molecular flexibility index (Phi) is 6.97. The minimum Gasteiger partial charge on any atom is -0.493 e. The standard InChI is InChI=1S/C15H23NO3/c1-4-8-18-14-7-6-12(11-16-3)10-13(14)15(17)19-9-5-2/h6-7,10,16H,4-5,8-9,11H2,1-3H3. The number of nitrogens with one attached hydrogen (secondary N) is 1. The fraction of sp³-hybridized carbons (Fsp3) is 0.533. The molecule has 1 rings (SSSR count). The van der Waals surface area contributed by atoms with Crippen molar-refractivity contribution in [3.05, 3.63) is 29.3 Å². The first kappa shape index (κ1) is 15.5. The van der Waals surface area contributed by atoms with Crippen LogP contribution < -0.4 is 10.1 Å². The molecular formula is C15H23NO3. The molecule has 106 valence electrons. The summed E-state index contributed by atoms with van der Waals surface area (Å²) in [6.07, 6.45) is 1.72. The second-order valence-electron chi connectivity index (χ2n) is 4.35. The van der Waals surface area contributed by atoms with E-state index in [4.69, 9.17) is 9.47 Å². The van der Waals surface area contributed by atoms with Crippen LogP contribution in [0.15, 0.2) is 18.2 Å². The van der Waals surface area contributed by atoms with Crippen LogP contribution in [0, 0.1) is 0 Å². The normalized spacial score (nSPS) is 10.3. The number of ether oxygens (including phenoxy) is 2. The summed E-state index contributed by atoms with van der Waals surface area (Å²) in [7, 11) is 1.87. The summed E-state index contributed by atoms with van der Waals surface area (Å²) in [5.74, 6) is 0.286. The first-order valence-electron chi connectivity index (χ1n) is 6.80. The van der Waals surface area contributed by atoms with Crippen molar-refractivity contribution in [2.75, 3.05) is 20.3 Å². The third kappa shape index (κ3) is 4.91. The molecule has 0 saturated carbocycles. The largest absolute Gasteiger partial charge is 0.493 e. The Morgan fingerprint density at radius 1 is 1.21 bits per heavy atom. The van der Waals surface area contributed by atoms with Crippen LogP contribution in [0.2, 0.25) is 0 Å². The molecule has 0 bridgehead atoms. The average Bonchev–Trinajstić information content (AvgIpc) is 2.43. The summed E-state index contributed by atoms with van der Waals surface area (Å²) < 4.78 is 10.8. The zero-order valence-electron chi connectivity index (χ0n) is 12.0. The molecule has 1 aromatic carbocycles. The van der Waals surface area contributed by atoms with Crippen LogP contribution in [0.5, 0.6) is 5.75 Å². The summed E-state index contributed by atoms with van der Waals surface area (Å²) >= 11 is 0. The molecule has 1 aromatic rings. The highest BCUT2D eigenvalue weighted by atomic mass is 16.5. The molecule has 0 amide bonds. The van der Waals surface area contributed by atoms with Gasteiger partial charge in [-0.2, -0.15) is 0 Å². The molecular weight excluding hydrogens is 242 g/mol. The van der Waals surface area contributed by atoms with Crippen molar-refractivity contribution in [3.8, 4) is 5.75 Å². The lowest BCUT2D eigenvalue weighted by molar-refractivity contribution is 0.0500. The molecule has 0 radical (unpaired) electrons. The lowest BCUT2D eigenvalue weighted by Gasteiger charge is -2.12. The Labute approximate surface area is 115 Å². The van der Waals surface area contributed by atoms with Crippen LogP contribution in [0.1, 0.15) is 42.6 Å². The van der Waals surface area contributed by atoms with E-state index < -0.39 is 0 Å². The van der Waals surface area contributed by atoms with Gasteiger partial charge in [0.25, 0.3) is 0 Å². The predicted molar refractivity (Wildman–Crippen MR) is 75.6 cm³/mol. The number of rotatable bonds is 8. The third-order valence-electron chi connectivity index (χ3n) is 2.54. The van der Waals surface area contributed by atoms with E-state index in [2.05, 4.69) is 5.32 Å². The maximum absolute atomic E-state index is 12.0. The molecule has 19 heavy (non-hydrogen) atoms. The number of hydrogen-bond donors (Lipinski definition) is 1. The highest BCUT2D eigenvalue weighted by molar-refractivity contribution is 5.92. The van der Waals surface area contributed by atoms with Crippen molar-refractivity contribution in [2.45, 2.75) is 33.2 Å². The fourth-order valence-corrected chi connectivity index (χ4v) is 1.66. The molecule has 0 aliphatic rings. The van der Waals surface area contributed by atoms with Gasteiger partial charge in [0.2, 0.25) is 0 Å². The van der Waals surface area contributed by atoms with Gasteiger partial charge in [-0.05, 0) is 37.6 Å². The van der Waals surface area contributed by atoms with Crippen LogP contribution in [0.3, 0.4) is 0 Å². The van der Waals surface area contributed by atoms with Crippen molar-refractivity contribution >= 4 is 5.97 Å². The van der Waals surface area contributed by atoms with E-state index in [1.807, 2.05) is 39.1 Å². The zero-order valence-corrected chi connectivity index (χ0v) is 12.0. The first-order chi connectivity index (χ1) is 9.22. The van der Waals surface area contributed by atoms with Crippen LogP contribution >= 0.6 is 0 Å². The maximum Gasteiger partial charge on any atom is 0.341 e. The smallest absolute Gasteiger partial charge is 0.341 e. The fourth-order valence-electron chi connectivity index (χ4n) is 1.66. The third-order valence-corrected chi connectivity index (χ3v) is 2.54. The molecule has 0 aliphatic carbocycles. The number of carbonyl (C=O) groups is 1. The predicted octanol–water partition coefficient (Wildman–Crippen LogP) is 2.76. The van der Waals surface area contributed by atoms with Gasteiger partial charge < -0.3 is 14.8 Å². The molecule has 0 heterocycles. The highest BCUT2D eigenvalue weighted by Gasteiger charge is 2.14. The minimum atomic E-state index is -0.314. The Morgan fingerprint density at radius 2 is 1.95 bits per heavy atom. The van der Waals surface area contributed by atoms with Crippen molar-refractivity contribution < 1.29 is 14.3 Å². The monoisotopic (exact) mass is 265 g/mol. The summed E-state index contributed by atoms with van der Waals surface area (Å²) in [6, 6.07) is 5.63. The maximum atomic E-state index is 12.0. The lowest BCUT2D eigenvalue weighted by Crippen LogP contribution is -2.11. The van der Waals surface area contributed by atoms with Gasteiger partial charge in [0.15, 0.2) is 0 Å². The number of hydrogen-bond acceptors (Lipinski definition) is 4. The Hall–Kier alpha value is -1.55. The Balaban J connectivity index is 2.92. The Bertz CT molecular complexity index is 404. The van der Waals surface area contributed by atoms with E-state index in [0.717, 1.165) is 18.4 Å². The van der Waals surface area contributed by atoms with Crippen molar-refractivity contribution in [3.63, 3.8) is 0 Å². The van der Waals surface area contributed by atoms with Gasteiger partial charge in [0.1, 0.15) is 11.3 Å². The van der Waals surface area contributed by atoms with Gasteiger partial charge in [0.05, 0.1) is 13.2 Å². The second-order valence-corrected chi connectivity index (χ2v) is 4.35. The van der Waals surface area contributed by atoms with Gasteiger partial charge in [-0.3, -0.25) is 0 Å². The van der Waals surface area contributed by atoms with Crippen LogP contribution in [0.4, 0.5) is 0 Å². The quantitative estimate of drug-likeness (QED) is 0.734. The lowest BCUT2D eigenvalue weighted by atomic mass is 10.1. The second kappa shape index (κ2) is 8.53. The van der Waals surface area contributed by atoms with E-state index in [1.54, 1.807) is 0 Å². The van der Waals surface area contributed by atoms with E-state index in [-0.39, 0.29) is 5.97 Å². The van der Waals surface area contributed by atoms with Gasteiger partial charge in [0, 0.05) is 6.54 Å². The van der Waals surface area contributed by atoms with Crippen LogP contribution in [-0.4, -0.2) is 26.2 Å². The van der Waals surface area contributed by atoms with Gasteiger partial charge >= 0.3 is 5.97 Å². The van der Waals surface area contributed by atoms with Crippen LogP contribution in [0.25, 0.3) is 0 Å². The van der Waals surface area contributed by atoms with Gasteiger partial charge in [-0.25, -0.2) is 4.79 Å². The molecule has 1 N–H and O–H groups in total. The first-order valence-corrected chi connectivity index (χ1v) is 6.80. The summed E-state index contributed by atoms with van der Waals surface area (Å²) in [4.78, 5) is 12.0. The molecule has 4 nitrogen and oxygen atoms in total. The summed E-state index contributed by atoms with van der Waals surface area (Å²) in [5, 5.41) is 3.06. The van der Waals surface area contributed by atoms with Gasteiger partial charge in [-0.1, -0.05) is 19.9 Å². The average molecular weight is 265 g/mol. The number of esters is 1. The minimum absolute atomic E-state index is 0.314. The summed E-state index contributed by atoms with van der Waals surface area (Å²) in [5.41, 5.74) is 1.55. The van der Waals surface area contributed by atoms with E-state index in [1.165, 1.54) is 0 Å². The van der Waals surface area contributed by atoms with Crippen molar-refractivity contribution in [2.24, 2.45) is 0 Å². The van der Waals surface area contributed by atoms with Crippen molar-refractivity contribution in [1.82, 2.24) is 5.32 Å². The SMILES string of the molecule is CCCOC(=O)c1cc(CNC)ccc1OCCC. The molecule has 0 aromatic heterocycles. The Morgan fingerprint density at radius 3 is 2.58 bits per heavy atom. The molecule has 0 spiro atoms. The molecule has 0 atom stereocenters. The van der Waals surface area contributed by atoms with Crippen LogP contribution in [-0.2, 0) is 11.3 Å². The van der Waals surface area contributed by atoms with E-state index >= 15 is 0 Å². The molecule has 4 heteroatoms. The van der Waals surface area contributed by atoms with E-state index in [0.29, 0.717) is 31.1 Å². The van der Waals surface area contributed by atoms with Crippen molar-refractivity contribution in [1.29, 1.82) is 0 Å². The molecule has 0 fully saturated rings. The highest BCUT2D eigenvalue weighted by Crippen LogP contribution is 2.21. The zero-order chi connectivity index (χ0) is 14.1.